The van der Waals surface area contributed by atoms with E-state index in [9.17, 15) is 14.3 Å². The van der Waals surface area contributed by atoms with Crippen molar-refractivity contribution in [2.75, 3.05) is 33.0 Å². The second-order valence-corrected chi connectivity index (χ2v) is 14.9. The highest BCUT2D eigenvalue weighted by atomic mass is 31.2. The Morgan fingerprint density at radius 2 is 1.02 bits per heavy atom. The molecular weight excluding hydrogens is 709 g/mol. The first kappa shape index (κ1) is 52.4. The number of nitrogens with two attached hydrogens (primary N) is 1. The largest absolute Gasteiger partial charge is 0.472 e. The minimum atomic E-state index is -4.30. The van der Waals surface area contributed by atoms with Crippen LogP contribution in [0.3, 0.4) is 0 Å². The molecule has 8 nitrogen and oxygen atoms in total. The van der Waals surface area contributed by atoms with E-state index in [-0.39, 0.29) is 38.8 Å². The molecular formula is C46H78NO7P. The van der Waals surface area contributed by atoms with Crippen LogP contribution in [0.4, 0.5) is 0 Å². The SMILES string of the molecule is CC/C=C\C/C=C\C/C=C\C/C=C\C/C=C\C/C=C\CCCCCOCC(COP(=O)(O)OCCN)OC(=O)CCCCCCC/C=C\C/C=C\CCCC. The molecule has 0 saturated heterocycles. The fraction of sp³-hybridized carbons (Fsp3) is 0.630. The topological polar surface area (TPSA) is 117 Å². The van der Waals surface area contributed by atoms with Crippen molar-refractivity contribution in [3.05, 3.63) is 97.2 Å². The summed E-state index contributed by atoms with van der Waals surface area (Å²) in [7, 11) is -4.30. The maximum Gasteiger partial charge on any atom is 0.472 e. The van der Waals surface area contributed by atoms with Gasteiger partial charge < -0.3 is 20.1 Å². The molecule has 0 aromatic rings. The molecule has 9 heteroatoms. The molecule has 3 N–H and O–H groups in total. The molecule has 0 spiro atoms. The van der Waals surface area contributed by atoms with Gasteiger partial charge in [0.25, 0.3) is 0 Å². The number of phosphoric acid groups is 1. The normalized spacial score (nSPS) is 14.5. The first-order valence-electron chi connectivity index (χ1n) is 21.2. The first-order chi connectivity index (χ1) is 26.9. The van der Waals surface area contributed by atoms with E-state index >= 15 is 0 Å². The summed E-state index contributed by atoms with van der Waals surface area (Å²) in [6, 6.07) is 0. The fourth-order valence-electron chi connectivity index (χ4n) is 5.13. The molecule has 55 heavy (non-hydrogen) atoms. The number of phosphoric ester groups is 1. The lowest BCUT2D eigenvalue weighted by Gasteiger charge is -2.20. The van der Waals surface area contributed by atoms with Crippen LogP contribution in [0.2, 0.25) is 0 Å². The predicted octanol–water partition coefficient (Wildman–Crippen LogP) is 12.7. The van der Waals surface area contributed by atoms with Crippen molar-refractivity contribution < 1.29 is 32.8 Å². The quantitative estimate of drug-likeness (QED) is 0.0274. The lowest BCUT2D eigenvalue weighted by atomic mass is 10.1. The van der Waals surface area contributed by atoms with Crippen LogP contribution >= 0.6 is 7.82 Å². The van der Waals surface area contributed by atoms with E-state index in [1.54, 1.807) is 0 Å². The van der Waals surface area contributed by atoms with Gasteiger partial charge in [-0.1, -0.05) is 150 Å². The highest BCUT2D eigenvalue weighted by Gasteiger charge is 2.25. The summed E-state index contributed by atoms with van der Waals surface area (Å²) in [6.07, 6.45) is 55.7. The molecule has 0 heterocycles. The summed E-state index contributed by atoms with van der Waals surface area (Å²) in [5.41, 5.74) is 5.36. The predicted molar refractivity (Wildman–Crippen MR) is 233 cm³/mol. The van der Waals surface area contributed by atoms with Crippen molar-refractivity contribution in [2.24, 2.45) is 5.73 Å². The van der Waals surface area contributed by atoms with Crippen LogP contribution in [-0.4, -0.2) is 49.9 Å². The molecule has 0 radical (unpaired) electrons. The zero-order valence-electron chi connectivity index (χ0n) is 34.6. The fourth-order valence-corrected chi connectivity index (χ4v) is 5.90. The number of hydrogen-bond donors (Lipinski definition) is 2. The number of hydrogen-bond acceptors (Lipinski definition) is 7. The van der Waals surface area contributed by atoms with Crippen molar-refractivity contribution in [3.63, 3.8) is 0 Å². The van der Waals surface area contributed by atoms with Crippen molar-refractivity contribution in [3.8, 4) is 0 Å². The summed E-state index contributed by atoms with van der Waals surface area (Å²) in [6.45, 7) is 4.63. The minimum absolute atomic E-state index is 0.0812. The molecule has 0 aliphatic heterocycles. The standard InChI is InChI=1S/C46H78NO7P/c1-3-5-7-9-11-13-15-17-19-20-21-22-23-24-25-26-28-30-32-34-36-38-41-51-43-45(44-53-55(49,50)52-42-40-47)54-46(48)39-37-35-33-31-29-27-18-16-14-12-10-8-6-4-2/h5,7,10-13,16-19,21-22,24-25,28,30,45H,3-4,6,8-9,14-15,20,23,26-27,29,31-44,47H2,1-2H3,(H,49,50)/b7-5-,12-10-,13-11-,18-16-,19-17-,22-21-,25-24-,30-28-. The molecule has 0 bridgehead atoms. The van der Waals surface area contributed by atoms with Gasteiger partial charge in [-0.25, -0.2) is 4.57 Å². The Labute approximate surface area is 336 Å². The molecule has 0 aromatic heterocycles. The van der Waals surface area contributed by atoms with Crippen LogP contribution in [0.1, 0.15) is 149 Å². The van der Waals surface area contributed by atoms with Gasteiger partial charge in [-0.15, -0.1) is 0 Å². The van der Waals surface area contributed by atoms with Gasteiger partial charge in [0.05, 0.1) is 19.8 Å². The zero-order valence-corrected chi connectivity index (χ0v) is 35.5. The van der Waals surface area contributed by atoms with Gasteiger partial charge in [0, 0.05) is 19.6 Å². The zero-order chi connectivity index (χ0) is 40.2. The van der Waals surface area contributed by atoms with Crippen LogP contribution in [0.5, 0.6) is 0 Å². The molecule has 0 amide bonds. The number of rotatable bonds is 39. The number of carbonyl (C=O) groups is 1. The highest BCUT2D eigenvalue weighted by molar-refractivity contribution is 7.47. The Bertz CT molecular complexity index is 1150. The number of allylic oxidation sites excluding steroid dienone is 16. The highest BCUT2D eigenvalue weighted by Crippen LogP contribution is 2.43. The molecule has 2 unspecified atom stereocenters. The molecule has 2 atom stereocenters. The van der Waals surface area contributed by atoms with Gasteiger partial charge in [-0.05, 0) is 89.9 Å². The molecule has 0 rings (SSSR count). The molecule has 314 valence electrons. The van der Waals surface area contributed by atoms with Crippen LogP contribution in [0, 0.1) is 0 Å². The Kier molecular flexibility index (Phi) is 40.6. The average Bonchev–Trinajstić information content (AvgIpc) is 3.17. The monoisotopic (exact) mass is 788 g/mol. The number of esters is 1. The first-order valence-corrected chi connectivity index (χ1v) is 22.7. The van der Waals surface area contributed by atoms with Gasteiger partial charge in [0.15, 0.2) is 0 Å². The third kappa shape index (κ3) is 42.4. The van der Waals surface area contributed by atoms with Gasteiger partial charge >= 0.3 is 13.8 Å². The molecule has 0 aliphatic rings. The summed E-state index contributed by atoms with van der Waals surface area (Å²) < 4.78 is 33.3. The van der Waals surface area contributed by atoms with Crippen LogP contribution in [0.25, 0.3) is 0 Å². The summed E-state index contributed by atoms with van der Waals surface area (Å²) in [5, 5.41) is 0. The van der Waals surface area contributed by atoms with E-state index in [2.05, 4.69) is 111 Å². The lowest BCUT2D eigenvalue weighted by Crippen LogP contribution is -2.28. The third-order valence-electron chi connectivity index (χ3n) is 8.24. The second-order valence-electron chi connectivity index (χ2n) is 13.5. The Balaban J connectivity index is 4.16. The summed E-state index contributed by atoms with van der Waals surface area (Å²) in [5.74, 6) is -0.362. The second kappa shape index (κ2) is 42.6. The van der Waals surface area contributed by atoms with Crippen LogP contribution < -0.4 is 5.73 Å². The molecule has 0 fully saturated rings. The van der Waals surface area contributed by atoms with E-state index < -0.39 is 13.9 Å². The number of carbonyl (C=O) groups excluding carboxylic acids is 1. The number of ether oxygens (including phenoxy) is 2. The summed E-state index contributed by atoms with van der Waals surface area (Å²) >= 11 is 0. The van der Waals surface area contributed by atoms with E-state index in [4.69, 9.17) is 24.3 Å². The van der Waals surface area contributed by atoms with Crippen molar-refractivity contribution in [2.45, 2.75) is 155 Å². The maximum absolute atomic E-state index is 12.6. The number of unbranched alkanes of at least 4 members (excludes halogenated alkanes) is 10. The van der Waals surface area contributed by atoms with Gasteiger partial charge in [-0.3, -0.25) is 13.8 Å². The van der Waals surface area contributed by atoms with E-state index in [0.717, 1.165) is 109 Å². The van der Waals surface area contributed by atoms with E-state index in [1.165, 1.54) is 19.3 Å². The van der Waals surface area contributed by atoms with Gasteiger partial charge in [-0.2, -0.15) is 0 Å². The molecule has 0 aliphatic carbocycles. The van der Waals surface area contributed by atoms with Gasteiger partial charge in [0.1, 0.15) is 6.10 Å². The minimum Gasteiger partial charge on any atom is -0.457 e. The van der Waals surface area contributed by atoms with E-state index in [0.29, 0.717) is 6.61 Å². The Morgan fingerprint density at radius 3 is 1.53 bits per heavy atom. The molecule has 0 aromatic carbocycles. The van der Waals surface area contributed by atoms with Crippen molar-refractivity contribution in [1.82, 2.24) is 0 Å². The van der Waals surface area contributed by atoms with Crippen molar-refractivity contribution >= 4 is 13.8 Å². The Hall–Kier alpha value is -2.58. The van der Waals surface area contributed by atoms with Crippen LogP contribution in [-0.2, 0) is 27.9 Å². The van der Waals surface area contributed by atoms with Crippen molar-refractivity contribution in [1.29, 1.82) is 0 Å². The molecule has 0 saturated carbocycles. The van der Waals surface area contributed by atoms with E-state index in [1.807, 2.05) is 0 Å². The maximum atomic E-state index is 12.6. The smallest absolute Gasteiger partial charge is 0.457 e. The van der Waals surface area contributed by atoms with Crippen LogP contribution in [0.15, 0.2) is 97.2 Å². The van der Waals surface area contributed by atoms with Gasteiger partial charge in [0.2, 0.25) is 0 Å². The Morgan fingerprint density at radius 1 is 0.564 bits per heavy atom. The lowest BCUT2D eigenvalue weighted by molar-refractivity contribution is -0.154. The summed E-state index contributed by atoms with van der Waals surface area (Å²) in [4.78, 5) is 22.4. The third-order valence-corrected chi connectivity index (χ3v) is 9.22. The average molecular weight is 788 g/mol.